The van der Waals surface area contributed by atoms with Gasteiger partial charge < -0.3 is 14.8 Å². The van der Waals surface area contributed by atoms with Crippen LogP contribution in [-0.4, -0.2) is 29.2 Å². The van der Waals surface area contributed by atoms with Crippen LogP contribution in [0.2, 0.25) is 0 Å². The minimum Gasteiger partial charge on any atom is -0.493 e. The van der Waals surface area contributed by atoms with E-state index < -0.39 is 0 Å². The minimum absolute atomic E-state index is 0.0251. The van der Waals surface area contributed by atoms with E-state index in [0.717, 1.165) is 45.2 Å². The Balaban J connectivity index is 1.37. The molecule has 3 aromatic carbocycles. The molecule has 0 bridgehead atoms. The largest absolute Gasteiger partial charge is 0.493 e. The van der Waals surface area contributed by atoms with Crippen LogP contribution in [0.25, 0.3) is 16.7 Å². The van der Waals surface area contributed by atoms with Gasteiger partial charge in [0.1, 0.15) is 17.4 Å². The zero-order chi connectivity index (χ0) is 23.8. The van der Waals surface area contributed by atoms with Gasteiger partial charge in [0.25, 0.3) is 0 Å². The molecule has 1 N–H and O–H groups in total. The maximum absolute atomic E-state index is 13.7. The van der Waals surface area contributed by atoms with Gasteiger partial charge in [-0.2, -0.15) is 0 Å². The number of aromatic nitrogens is 2. The van der Waals surface area contributed by atoms with Crippen LogP contribution in [-0.2, 0) is 16.1 Å². The molecular formula is C27H26FN3O3. The number of fused-ring (bicyclic) bond motifs is 2. The van der Waals surface area contributed by atoms with Crippen LogP contribution in [0.4, 0.5) is 10.1 Å². The number of ether oxygens (including phenoxy) is 2. The Kier molecular flexibility index (Phi) is 5.69. The fourth-order valence-corrected chi connectivity index (χ4v) is 4.62. The Morgan fingerprint density at radius 2 is 2.06 bits per heavy atom. The molecule has 0 amide bonds. The average Bonchev–Trinajstić information content (AvgIpc) is 3.37. The quantitative estimate of drug-likeness (QED) is 0.390. The number of rotatable bonds is 6. The third-order valence-electron chi connectivity index (χ3n) is 6.46. The molecule has 34 heavy (non-hydrogen) atoms. The number of hydrogen-bond acceptors (Lipinski definition) is 5. The molecule has 0 saturated carbocycles. The van der Waals surface area contributed by atoms with Gasteiger partial charge in [-0.05, 0) is 49.2 Å². The van der Waals surface area contributed by atoms with Crippen LogP contribution in [0.15, 0.2) is 54.6 Å². The lowest BCUT2D eigenvalue weighted by molar-refractivity contribution is -0.141. The molecule has 1 aliphatic heterocycles. The number of imidazole rings is 1. The topological polar surface area (TPSA) is 65.4 Å². The molecule has 0 fully saturated rings. The van der Waals surface area contributed by atoms with Crippen LogP contribution < -0.4 is 10.1 Å². The lowest BCUT2D eigenvalue weighted by Crippen LogP contribution is -2.09. The average molecular weight is 460 g/mol. The van der Waals surface area contributed by atoms with Crippen molar-refractivity contribution in [1.82, 2.24) is 9.55 Å². The first-order chi connectivity index (χ1) is 16.4. The van der Waals surface area contributed by atoms with E-state index in [0.29, 0.717) is 25.1 Å². The molecule has 0 saturated heterocycles. The van der Waals surface area contributed by atoms with Gasteiger partial charge in [0.05, 0.1) is 36.9 Å². The van der Waals surface area contributed by atoms with Crippen molar-refractivity contribution in [2.75, 3.05) is 19.0 Å². The molecule has 6 nitrogen and oxygen atoms in total. The second-order valence-electron chi connectivity index (χ2n) is 8.58. The van der Waals surface area contributed by atoms with Crippen molar-refractivity contribution in [2.45, 2.75) is 32.7 Å². The van der Waals surface area contributed by atoms with Gasteiger partial charge in [-0.3, -0.25) is 9.36 Å². The highest BCUT2D eigenvalue weighted by molar-refractivity contribution is 5.79. The number of halogens is 1. The first kappa shape index (κ1) is 21.9. The summed E-state index contributed by atoms with van der Waals surface area (Å²) in [4.78, 5) is 16.2. The van der Waals surface area contributed by atoms with E-state index in [9.17, 15) is 9.18 Å². The molecule has 1 atom stereocenters. The second kappa shape index (κ2) is 8.82. The number of carbonyl (C=O) groups is 1. The molecule has 0 radical (unpaired) electrons. The number of hydrogen-bond donors (Lipinski definition) is 1. The van der Waals surface area contributed by atoms with E-state index in [1.54, 1.807) is 6.07 Å². The van der Waals surface area contributed by atoms with Crippen molar-refractivity contribution < 1.29 is 18.7 Å². The molecule has 1 aliphatic rings. The molecule has 2 heterocycles. The predicted molar refractivity (Wildman–Crippen MR) is 129 cm³/mol. The fraction of sp³-hybridized carbons (Fsp3) is 0.259. The summed E-state index contributed by atoms with van der Waals surface area (Å²) in [6.45, 7) is 5.13. The van der Waals surface area contributed by atoms with Gasteiger partial charge in [-0.25, -0.2) is 9.37 Å². The van der Waals surface area contributed by atoms with Crippen LogP contribution in [0.5, 0.6) is 5.75 Å². The lowest BCUT2D eigenvalue weighted by Gasteiger charge is -2.16. The number of anilines is 1. The zero-order valence-electron chi connectivity index (χ0n) is 19.4. The summed E-state index contributed by atoms with van der Waals surface area (Å²) < 4.78 is 26.4. The molecule has 174 valence electrons. The standard InChI is InChI=1S/C27H26FN3O3/c1-16-18(5-4-6-24(16)31-17(2)30-23-12-20(28)7-10-25(23)31)14-29-21-8-9-22-19(11-27(32)33-3)15-34-26(22)13-21/h4-10,12-13,19,29H,11,14-15H2,1-3H3. The van der Waals surface area contributed by atoms with E-state index in [1.165, 1.54) is 19.2 Å². The summed E-state index contributed by atoms with van der Waals surface area (Å²) in [7, 11) is 1.40. The number of benzene rings is 3. The Morgan fingerprint density at radius 3 is 2.88 bits per heavy atom. The summed E-state index contributed by atoms with van der Waals surface area (Å²) in [5, 5.41) is 3.48. The second-order valence-corrected chi connectivity index (χ2v) is 8.58. The van der Waals surface area contributed by atoms with Crippen LogP contribution in [0.1, 0.15) is 34.9 Å². The number of esters is 1. The van der Waals surface area contributed by atoms with E-state index in [-0.39, 0.29) is 17.7 Å². The normalized spacial score (nSPS) is 14.6. The van der Waals surface area contributed by atoms with Crippen LogP contribution in [0.3, 0.4) is 0 Å². The highest BCUT2D eigenvalue weighted by Gasteiger charge is 2.27. The number of nitrogens with one attached hydrogen (secondary N) is 1. The van der Waals surface area contributed by atoms with Crippen LogP contribution in [0, 0.1) is 19.7 Å². The van der Waals surface area contributed by atoms with Gasteiger partial charge in [-0.1, -0.05) is 18.2 Å². The Morgan fingerprint density at radius 1 is 1.21 bits per heavy atom. The first-order valence-electron chi connectivity index (χ1n) is 11.3. The molecular weight excluding hydrogens is 433 g/mol. The summed E-state index contributed by atoms with van der Waals surface area (Å²) in [6, 6.07) is 16.9. The monoisotopic (exact) mass is 459 g/mol. The molecule has 0 aliphatic carbocycles. The number of carbonyl (C=O) groups excluding carboxylic acids is 1. The molecule has 7 heteroatoms. The molecule has 5 rings (SSSR count). The lowest BCUT2D eigenvalue weighted by atomic mass is 9.97. The van der Waals surface area contributed by atoms with E-state index in [4.69, 9.17) is 9.47 Å². The fourth-order valence-electron chi connectivity index (χ4n) is 4.62. The summed E-state index contributed by atoms with van der Waals surface area (Å²) in [5.74, 6) is 1.12. The van der Waals surface area contributed by atoms with E-state index in [2.05, 4.69) is 33.9 Å². The van der Waals surface area contributed by atoms with Crippen molar-refractivity contribution in [2.24, 2.45) is 0 Å². The SMILES string of the molecule is COC(=O)CC1COc2cc(NCc3cccc(-n4c(C)nc5cc(F)ccc54)c3C)ccc21. The smallest absolute Gasteiger partial charge is 0.306 e. The number of nitrogens with zero attached hydrogens (tertiary/aromatic N) is 2. The highest BCUT2D eigenvalue weighted by atomic mass is 19.1. The van der Waals surface area contributed by atoms with Gasteiger partial charge in [0.15, 0.2) is 0 Å². The van der Waals surface area contributed by atoms with Gasteiger partial charge in [0.2, 0.25) is 0 Å². The van der Waals surface area contributed by atoms with Crippen molar-refractivity contribution in [3.8, 4) is 11.4 Å². The van der Waals surface area contributed by atoms with Crippen molar-refractivity contribution in [3.05, 3.63) is 82.9 Å². The van der Waals surface area contributed by atoms with Gasteiger partial charge >= 0.3 is 5.97 Å². The maximum atomic E-state index is 13.7. The molecule has 4 aromatic rings. The van der Waals surface area contributed by atoms with Crippen molar-refractivity contribution in [3.63, 3.8) is 0 Å². The number of aryl methyl sites for hydroxylation is 1. The number of methoxy groups -OCH3 is 1. The Hall–Kier alpha value is -3.87. The summed E-state index contributed by atoms with van der Waals surface area (Å²) >= 11 is 0. The van der Waals surface area contributed by atoms with Gasteiger partial charge in [0, 0.05) is 35.8 Å². The molecule has 1 aromatic heterocycles. The Labute approximate surface area is 197 Å². The van der Waals surface area contributed by atoms with Gasteiger partial charge in [-0.15, -0.1) is 0 Å². The Bertz CT molecular complexity index is 1400. The van der Waals surface area contributed by atoms with E-state index in [1.807, 2.05) is 31.2 Å². The highest BCUT2D eigenvalue weighted by Crippen LogP contribution is 2.38. The maximum Gasteiger partial charge on any atom is 0.306 e. The van der Waals surface area contributed by atoms with Crippen molar-refractivity contribution in [1.29, 1.82) is 0 Å². The van der Waals surface area contributed by atoms with Crippen LogP contribution >= 0.6 is 0 Å². The molecule has 0 spiro atoms. The van der Waals surface area contributed by atoms with Crippen molar-refractivity contribution >= 4 is 22.7 Å². The third kappa shape index (κ3) is 3.98. The minimum atomic E-state index is -0.290. The summed E-state index contributed by atoms with van der Waals surface area (Å²) in [6.07, 6.45) is 0.317. The first-order valence-corrected chi connectivity index (χ1v) is 11.3. The zero-order valence-corrected chi connectivity index (χ0v) is 19.4. The third-order valence-corrected chi connectivity index (χ3v) is 6.46. The van der Waals surface area contributed by atoms with E-state index >= 15 is 0 Å². The summed E-state index contributed by atoms with van der Waals surface area (Å²) in [5.41, 5.74) is 6.79. The predicted octanol–water partition coefficient (Wildman–Crippen LogP) is 5.43. The molecule has 1 unspecified atom stereocenters.